The molecule has 0 saturated heterocycles. The molecule has 1 atom stereocenters. The summed E-state index contributed by atoms with van der Waals surface area (Å²) in [6.45, 7) is 3.85. The van der Waals surface area contributed by atoms with Gasteiger partial charge in [-0.25, -0.2) is 0 Å². The number of nitrogens with zero attached hydrogens (tertiary/aromatic N) is 2. The van der Waals surface area contributed by atoms with Crippen molar-refractivity contribution in [2.24, 2.45) is 0 Å². The molecular weight excluding hydrogens is 373 g/mol. The smallest absolute Gasteiger partial charge is 0.324 e. The standard InChI is InChI=1S/C9H25N2O9P3/c1-3-11(9(2)6-21(12,13)14)5-4-10(7-22(15,16)17)8-23(18,19)20/h9H,3-8H2,1-2H3,(H2,12,13,14)(H2,15,16,17)(H2,18,19,20). The molecule has 0 aliphatic heterocycles. The fourth-order valence-electron chi connectivity index (χ4n) is 2.13. The van der Waals surface area contributed by atoms with E-state index >= 15 is 0 Å². The highest BCUT2D eigenvalue weighted by atomic mass is 31.2. The van der Waals surface area contributed by atoms with Crippen molar-refractivity contribution in [2.45, 2.75) is 19.9 Å². The fraction of sp³-hybridized carbons (Fsp3) is 1.00. The topological polar surface area (TPSA) is 179 Å². The van der Waals surface area contributed by atoms with Crippen molar-refractivity contribution < 1.29 is 43.1 Å². The van der Waals surface area contributed by atoms with E-state index in [2.05, 4.69) is 0 Å². The second-order valence-corrected chi connectivity index (χ2v) is 10.3. The zero-order chi connectivity index (χ0) is 18.5. The lowest BCUT2D eigenvalue weighted by atomic mass is 10.3. The van der Waals surface area contributed by atoms with Crippen LogP contribution in [0.25, 0.3) is 0 Å². The summed E-state index contributed by atoms with van der Waals surface area (Å²) in [5.41, 5.74) is 0. The molecule has 0 saturated carbocycles. The van der Waals surface area contributed by atoms with Crippen LogP contribution in [0.5, 0.6) is 0 Å². The summed E-state index contributed by atoms with van der Waals surface area (Å²) < 4.78 is 33.1. The average molecular weight is 398 g/mol. The highest BCUT2D eigenvalue weighted by Gasteiger charge is 2.27. The summed E-state index contributed by atoms with van der Waals surface area (Å²) >= 11 is 0. The van der Waals surface area contributed by atoms with E-state index < -0.39 is 41.4 Å². The Labute approximate surface area is 134 Å². The van der Waals surface area contributed by atoms with E-state index in [1.54, 1.807) is 18.7 Å². The van der Waals surface area contributed by atoms with Gasteiger partial charge in [-0.1, -0.05) is 6.92 Å². The van der Waals surface area contributed by atoms with Gasteiger partial charge in [0, 0.05) is 19.1 Å². The van der Waals surface area contributed by atoms with Gasteiger partial charge in [-0.15, -0.1) is 0 Å². The highest BCUT2D eigenvalue weighted by Crippen LogP contribution is 2.40. The van der Waals surface area contributed by atoms with Crippen LogP contribution in [0.15, 0.2) is 0 Å². The van der Waals surface area contributed by atoms with Gasteiger partial charge in [-0.2, -0.15) is 0 Å². The van der Waals surface area contributed by atoms with Gasteiger partial charge in [0.15, 0.2) is 0 Å². The molecule has 0 aromatic rings. The molecule has 0 spiro atoms. The van der Waals surface area contributed by atoms with E-state index in [0.717, 1.165) is 4.90 Å². The second kappa shape index (κ2) is 9.17. The number of hydrogen-bond donors (Lipinski definition) is 6. The van der Waals surface area contributed by atoms with Crippen LogP contribution in [-0.4, -0.2) is 83.6 Å². The highest BCUT2D eigenvalue weighted by molar-refractivity contribution is 7.52. The predicted molar refractivity (Wildman–Crippen MR) is 84.1 cm³/mol. The Kier molecular flexibility index (Phi) is 9.32. The first-order valence-electron chi connectivity index (χ1n) is 6.73. The molecule has 0 heterocycles. The number of hydrogen-bond acceptors (Lipinski definition) is 5. The molecule has 1 unspecified atom stereocenters. The third kappa shape index (κ3) is 13.3. The molecule has 0 rings (SSSR count). The monoisotopic (exact) mass is 398 g/mol. The Balaban J connectivity index is 4.82. The molecule has 11 nitrogen and oxygen atoms in total. The maximum atomic E-state index is 11.0. The summed E-state index contributed by atoms with van der Waals surface area (Å²) in [6, 6.07) is -0.493. The Morgan fingerprint density at radius 2 is 1.26 bits per heavy atom. The van der Waals surface area contributed by atoms with Gasteiger partial charge in [0.05, 0.1) is 6.16 Å². The lowest BCUT2D eigenvalue weighted by Gasteiger charge is -2.31. The normalized spacial score (nSPS) is 15.4. The molecular formula is C9H25N2O9P3. The molecule has 0 fully saturated rings. The first kappa shape index (κ1) is 23.4. The Hall–Kier alpha value is 0.370. The van der Waals surface area contributed by atoms with Gasteiger partial charge in [-0.3, -0.25) is 23.5 Å². The van der Waals surface area contributed by atoms with E-state index in [-0.39, 0.29) is 19.3 Å². The summed E-state index contributed by atoms with van der Waals surface area (Å²) in [7, 11) is -13.2. The van der Waals surface area contributed by atoms with Crippen molar-refractivity contribution in [1.82, 2.24) is 9.80 Å². The molecule has 0 aliphatic rings. The van der Waals surface area contributed by atoms with Crippen LogP contribution in [0.4, 0.5) is 0 Å². The van der Waals surface area contributed by atoms with Gasteiger partial charge in [0.25, 0.3) is 0 Å². The quantitative estimate of drug-likeness (QED) is 0.246. The lowest BCUT2D eigenvalue weighted by Crippen LogP contribution is -2.41. The molecule has 0 bridgehead atoms. The van der Waals surface area contributed by atoms with Crippen LogP contribution in [0, 0.1) is 0 Å². The van der Waals surface area contributed by atoms with Gasteiger partial charge in [0.1, 0.15) is 12.6 Å². The second-order valence-electron chi connectivity index (χ2n) is 5.33. The van der Waals surface area contributed by atoms with Crippen LogP contribution in [-0.2, 0) is 13.7 Å². The van der Waals surface area contributed by atoms with Gasteiger partial charge < -0.3 is 29.4 Å². The van der Waals surface area contributed by atoms with Crippen molar-refractivity contribution in [3.63, 3.8) is 0 Å². The van der Waals surface area contributed by atoms with Crippen LogP contribution in [0.1, 0.15) is 13.8 Å². The molecule has 23 heavy (non-hydrogen) atoms. The Morgan fingerprint density at radius 1 is 0.826 bits per heavy atom. The van der Waals surface area contributed by atoms with Crippen molar-refractivity contribution in [3.8, 4) is 0 Å². The van der Waals surface area contributed by atoms with Gasteiger partial charge >= 0.3 is 22.8 Å². The zero-order valence-electron chi connectivity index (χ0n) is 13.0. The summed E-state index contributed by atoms with van der Waals surface area (Å²) in [6.07, 6.45) is -1.98. The minimum absolute atomic E-state index is 0.0600. The average Bonchev–Trinajstić information content (AvgIpc) is 2.22. The van der Waals surface area contributed by atoms with Crippen molar-refractivity contribution in [1.29, 1.82) is 0 Å². The van der Waals surface area contributed by atoms with Gasteiger partial charge in [-0.05, 0) is 13.5 Å². The SMILES string of the molecule is CCN(CCN(CP(=O)(O)O)CP(=O)(O)O)C(C)CP(=O)(O)O. The summed E-state index contributed by atoms with van der Waals surface area (Å²) in [5, 5.41) is 0. The van der Waals surface area contributed by atoms with Crippen LogP contribution >= 0.6 is 22.8 Å². The lowest BCUT2D eigenvalue weighted by molar-refractivity contribution is 0.190. The van der Waals surface area contributed by atoms with E-state index in [4.69, 9.17) is 29.4 Å². The summed E-state index contributed by atoms with van der Waals surface area (Å²) in [4.78, 5) is 56.5. The van der Waals surface area contributed by atoms with E-state index in [1.807, 2.05) is 0 Å². The molecule has 140 valence electrons. The summed E-state index contributed by atoms with van der Waals surface area (Å²) in [5.74, 6) is 0. The number of likely N-dealkylation sites (N-methyl/N-ethyl adjacent to an activating group) is 1. The third-order valence-corrected chi connectivity index (χ3v) is 5.54. The maximum Gasteiger partial charge on any atom is 0.339 e. The van der Waals surface area contributed by atoms with E-state index in [0.29, 0.717) is 6.54 Å². The molecule has 0 aromatic carbocycles. The molecule has 0 aromatic heterocycles. The Bertz CT molecular complexity index is 474. The van der Waals surface area contributed by atoms with Crippen LogP contribution in [0.3, 0.4) is 0 Å². The first-order valence-corrected chi connectivity index (χ1v) is 12.1. The number of rotatable bonds is 11. The third-order valence-electron chi connectivity index (χ3n) is 3.00. The van der Waals surface area contributed by atoms with Crippen molar-refractivity contribution in [2.75, 3.05) is 38.4 Å². The minimum atomic E-state index is -4.49. The van der Waals surface area contributed by atoms with E-state index in [1.165, 1.54) is 0 Å². The maximum absolute atomic E-state index is 11.0. The van der Waals surface area contributed by atoms with Crippen LogP contribution < -0.4 is 0 Å². The van der Waals surface area contributed by atoms with E-state index in [9.17, 15) is 13.7 Å². The molecule has 0 radical (unpaired) electrons. The van der Waals surface area contributed by atoms with Crippen LogP contribution in [0.2, 0.25) is 0 Å². The van der Waals surface area contributed by atoms with Crippen molar-refractivity contribution >= 4 is 22.8 Å². The zero-order valence-corrected chi connectivity index (χ0v) is 15.6. The van der Waals surface area contributed by atoms with Gasteiger partial charge in [0.2, 0.25) is 0 Å². The Morgan fingerprint density at radius 3 is 1.57 bits per heavy atom. The molecule has 14 heteroatoms. The first-order chi connectivity index (χ1) is 10.1. The van der Waals surface area contributed by atoms with Crippen molar-refractivity contribution in [3.05, 3.63) is 0 Å². The largest absolute Gasteiger partial charge is 0.339 e. The minimum Gasteiger partial charge on any atom is -0.324 e. The molecule has 0 aliphatic carbocycles. The predicted octanol–water partition coefficient (Wildman–Crippen LogP) is -0.553. The molecule has 6 N–H and O–H groups in total. The molecule has 0 amide bonds. The fourth-order valence-corrected chi connectivity index (χ4v) is 4.73.